The highest BCUT2D eigenvalue weighted by Crippen LogP contribution is 2.31. The molecule has 0 aliphatic heterocycles. The van der Waals surface area contributed by atoms with Gasteiger partial charge in [-0.05, 0) is 48.5 Å². The largest absolute Gasteiger partial charge is 0.416 e. The van der Waals surface area contributed by atoms with Gasteiger partial charge in [0.2, 0.25) is 0 Å². The minimum absolute atomic E-state index is 0.438. The van der Waals surface area contributed by atoms with E-state index in [1.165, 1.54) is 34.8 Å². The Hall–Kier alpha value is -3.30. The zero-order valence-electron chi connectivity index (χ0n) is 15.7. The van der Waals surface area contributed by atoms with Crippen LogP contribution in [0.1, 0.15) is 15.6 Å². The fraction of sp³-hybridized carbons (Fsp3) is 0.0455. The van der Waals surface area contributed by atoms with Crippen LogP contribution < -0.4 is 5.43 Å². The molecular weight excluding hydrogens is 441 g/mol. The summed E-state index contributed by atoms with van der Waals surface area (Å²) in [7, 11) is 0. The van der Waals surface area contributed by atoms with Gasteiger partial charge in [-0.3, -0.25) is 5.43 Å². The van der Waals surface area contributed by atoms with E-state index in [2.05, 4.69) is 20.5 Å². The van der Waals surface area contributed by atoms with E-state index in [4.69, 9.17) is 0 Å². The Morgan fingerprint density at radius 1 is 0.742 bits per heavy atom. The summed E-state index contributed by atoms with van der Waals surface area (Å²) >= 11 is 2.97. The number of para-hydroxylation sites is 2. The van der Waals surface area contributed by atoms with Crippen molar-refractivity contribution in [2.75, 3.05) is 5.43 Å². The maximum atomic E-state index is 12.8. The molecule has 0 saturated carbocycles. The van der Waals surface area contributed by atoms with Crippen LogP contribution in [0, 0.1) is 0 Å². The Kier molecular flexibility index (Phi) is 4.91. The predicted molar refractivity (Wildman–Crippen MR) is 120 cm³/mol. The van der Waals surface area contributed by atoms with E-state index in [1.807, 2.05) is 48.5 Å². The molecule has 3 aromatic carbocycles. The first kappa shape index (κ1) is 19.7. The molecule has 0 saturated heterocycles. The highest BCUT2D eigenvalue weighted by atomic mass is 32.1. The summed E-state index contributed by atoms with van der Waals surface area (Å²) in [5.74, 6) is 0. The van der Waals surface area contributed by atoms with Crippen molar-refractivity contribution in [1.29, 1.82) is 0 Å². The Morgan fingerprint density at radius 2 is 1.26 bits per heavy atom. The summed E-state index contributed by atoms with van der Waals surface area (Å²) < 4.78 is 40.5. The number of hydrogen-bond acceptors (Lipinski definition) is 6. The van der Waals surface area contributed by atoms with Gasteiger partial charge in [0, 0.05) is 0 Å². The van der Waals surface area contributed by atoms with Crippen LogP contribution in [-0.2, 0) is 6.18 Å². The van der Waals surface area contributed by atoms with Crippen LogP contribution in [0.5, 0.6) is 0 Å². The second kappa shape index (κ2) is 7.75. The van der Waals surface area contributed by atoms with Gasteiger partial charge < -0.3 is 0 Å². The topological polar surface area (TPSA) is 50.2 Å². The van der Waals surface area contributed by atoms with E-state index in [1.54, 1.807) is 0 Å². The number of anilines is 1. The van der Waals surface area contributed by atoms with Gasteiger partial charge in [0.25, 0.3) is 0 Å². The minimum Gasteiger partial charge on any atom is -0.278 e. The smallest absolute Gasteiger partial charge is 0.278 e. The molecule has 0 atom stereocenters. The number of nitrogens with one attached hydrogen (secondary N) is 1. The van der Waals surface area contributed by atoms with Crippen LogP contribution in [0.15, 0.2) is 77.9 Å². The first-order chi connectivity index (χ1) is 15.0. The second-order valence-electron chi connectivity index (χ2n) is 6.62. The lowest BCUT2D eigenvalue weighted by Gasteiger charge is -2.07. The van der Waals surface area contributed by atoms with Crippen LogP contribution >= 0.6 is 22.7 Å². The Morgan fingerprint density at radius 3 is 1.74 bits per heavy atom. The third kappa shape index (κ3) is 4.01. The SMILES string of the molecule is FC(F)(F)c1ccc(NN=C(c2nc3ccccc3s2)c2nc3ccccc3s2)cc1. The summed E-state index contributed by atoms with van der Waals surface area (Å²) in [4.78, 5) is 9.37. The highest BCUT2D eigenvalue weighted by Gasteiger charge is 2.30. The summed E-state index contributed by atoms with van der Waals surface area (Å²) in [5.41, 5.74) is 4.84. The standard InChI is InChI=1S/C22H13F3N4S2/c23-22(24,25)13-9-11-14(12-10-13)28-29-19(20-26-15-5-1-3-7-17(15)30-20)21-27-16-6-2-4-8-18(16)31-21/h1-12,28H. The average molecular weight is 455 g/mol. The summed E-state index contributed by atoms with van der Waals surface area (Å²) in [5, 5.41) is 5.86. The van der Waals surface area contributed by atoms with E-state index in [0.29, 0.717) is 21.4 Å². The lowest BCUT2D eigenvalue weighted by atomic mass is 10.2. The molecule has 9 heteroatoms. The van der Waals surface area contributed by atoms with Crippen molar-refractivity contribution >= 4 is 54.5 Å². The number of fused-ring (bicyclic) bond motifs is 2. The highest BCUT2D eigenvalue weighted by molar-refractivity contribution is 7.23. The molecule has 0 spiro atoms. The fourth-order valence-electron chi connectivity index (χ4n) is 2.99. The molecule has 0 unspecified atom stereocenters. The van der Waals surface area contributed by atoms with Crippen LogP contribution in [-0.4, -0.2) is 15.7 Å². The first-order valence-electron chi connectivity index (χ1n) is 9.20. The monoisotopic (exact) mass is 454 g/mol. The predicted octanol–water partition coefficient (Wildman–Crippen LogP) is 6.79. The molecule has 5 aromatic rings. The number of hydrogen-bond donors (Lipinski definition) is 1. The van der Waals surface area contributed by atoms with Crippen molar-refractivity contribution in [2.24, 2.45) is 5.10 Å². The van der Waals surface area contributed by atoms with Crippen molar-refractivity contribution in [2.45, 2.75) is 6.18 Å². The molecule has 0 amide bonds. The average Bonchev–Trinajstić information content (AvgIpc) is 3.37. The zero-order valence-corrected chi connectivity index (χ0v) is 17.4. The van der Waals surface area contributed by atoms with Crippen molar-refractivity contribution in [3.63, 3.8) is 0 Å². The number of halogens is 3. The van der Waals surface area contributed by atoms with E-state index in [-0.39, 0.29) is 0 Å². The van der Waals surface area contributed by atoms with E-state index >= 15 is 0 Å². The molecule has 0 radical (unpaired) electrons. The van der Waals surface area contributed by atoms with Crippen molar-refractivity contribution in [3.8, 4) is 0 Å². The lowest BCUT2D eigenvalue weighted by molar-refractivity contribution is -0.137. The molecule has 0 fully saturated rings. The first-order valence-corrected chi connectivity index (χ1v) is 10.8. The van der Waals surface area contributed by atoms with Crippen LogP contribution in [0.25, 0.3) is 20.4 Å². The van der Waals surface area contributed by atoms with Gasteiger partial charge in [-0.2, -0.15) is 18.3 Å². The summed E-state index contributed by atoms with van der Waals surface area (Å²) in [6, 6.07) is 20.3. The molecule has 4 nitrogen and oxygen atoms in total. The third-order valence-electron chi connectivity index (χ3n) is 4.50. The normalized spacial score (nSPS) is 11.7. The number of nitrogens with zero attached hydrogens (tertiary/aromatic N) is 3. The van der Waals surface area contributed by atoms with Crippen LogP contribution in [0.4, 0.5) is 18.9 Å². The van der Waals surface area contributed by atoms with Crippen LogP contribution in [0.3, 0.4) is 0 Å². The van der Waals surface area contributed by atoms with Gasteiger partial charge in [0.1, 0.15) is 10.0 Å². The molecule has 2 aromatic heterocycles. The maximum absolute atomic E-state index is 12.8. The van der Waals surface area contributed by atoms with Gasteiger partial charge >= 0.3 is 6.18 Å². The molecule has 0 aliphatic rings. The van der Waals surface area contributed by atoms with Crippen molar-refractivity contribution in [1.82, 2.24) is 9.97 Å². The van der Waals surface area contributed by atoms with Gasteiger partial charge in [0.15, 0.2) is 5.71 Å². The van der Waals surface area contributed by atoms with Gasteiger partial charge in [0.05, 0.1) is 31.7 Å². The van der Waals surface area contributed by atoms with Crippen LogP contribution in [0.2, 0.25) is 0 Å². The number of thiazole rings is 2. The minimum atomic E-state index is -4.38. The zero-order chi connectivity index (χ0) is 21.4. The number of aromatic nitrogens is 2. The van der Waals surface area contributed by atoms with Gasteiger partial charge in [-0.15, -0.1) is 22.7 Å². The van der Waals surface area contributed by atoms with Crippen molar-refractivity contribution in [3.05, 3.63) is 88.4 Å². The fourth-order valence-corrected chi connectivity index (χ4v) is 4.97. The van der Waals surface area contributed by atoms with Crippen molar-refractivity contribution < 1.29 is 13.2 Å². The van der Waals surface area contributed by atoms with E-state index in [0.717, 1.165) is 32.6 Å². The number of hydrazone groups is 1. The second-order valence-corrected chi connectivity index (χ2v) is 8.68. The molecular formula is C22H13F3N4S2. The maximum Gasteiger partial charge on any atom is 0.416 e. The molecule has 31 heavy (non-hydrogen) atoms. The number of alkyl halides is 3. The Labute approximate surface area is 182 Å². The third-order valence-corrected chi connectivity index (χ3v) is 6.59. The summed E-state index contributed by atoms with van der Waals surface area (Å²) in [6.45, 7) is 0. The molecule has 0 aliphatic carbocycles. The number of rotatable bonds is 4. The van der Waals surface area contributed by atoms with E-state index < -0.39 is 11.7 Å². The lowest BCUT2D eigenvalue weighted by Crippen LogP contribution is -2.07. The molecule has 1 N–H and O–H groups in total. The summed E-state index contributed by atoms with van der Waals surface area (Å²) in [6.07, 6.45) is -4.38. The Bertz CT molecular complexity index is 1260. The van der Waals surface area contributed by atoms with Gasteiger partial charge in [-0.1, -0.05) is 24.3 Å². The Balaban J connectivity index is 1.56. The number of benzene rings is 3. The molecule has 0 bridgehead atoms. The molecule has 5 rings (SSSR count). The van der Waals surface area contributed by atoms with Gasteiger partial charge in [-0.25, -0.2) is 9.97 Å². The quantitative estimate of drug-likeness (QED) is 0.240. The molecule has 2 heterocycles. The van der Waals surface area contributed by atoms with E-state index in [9.17, 15) is 13.2 Å². The molecule has 154 valence electrons.